The molecule has 1 atom stereocenters. The molecule has 0 saturated carbocycles. The van der Waals surface area contributed by atoms with Crippen molar-refractivity contribution in [3.8, 4) is 5.75 Å². The second kappa shape index (κ2) is 9.76. The molecule has 1 fully saturated rings. The maximum absolute atomic E-state index is 13.3. The molecule has 1 unspecified atom stereocenters. The average Bonchev–Trinajstić information content (AvgIpc) is 3.23. The van der Waals surface area contributed by atoms with Gasteiger partial charge in [0.2, 0.25) is 5.91 Å². The zero-order chi connectivity index (χ0) is 20.8. The van der Waals surface area contributed by atoms with Crippen molar-refractivity contribution in [3.63, 3.8) is 0 Å². The molecular weight excluding hydrogens is 392 g/mol. The third-order valence-electron chi connectivity index (χ3n) is 5.09. The van der Waals surface area contributed by atoms with Gasteiger partial charge in [0.25, 0.3) is 5.91 Å². The summed E-state index contributed by atoms with van der Waals surface area (Å²) in [6, 6.07) is 13.9. The highest BCUT2D eigenvalue weighted by atomic mass is 35.5. The molecule has 1 N–H and O–H groups in total. The van der Waals surface area contributed by atoms with E-state index in [9.17, 15) is 14.7 Å². The Labute approximate surface area is 175 Å². The summed E-state index contributed by atoms with van der Waals surface area (Å²) in [6.45, 7) is 0.955. The molecule has 0 aromatic heterocycles. The lowest BCUT2D eigenvalue weighted by Crippen LogP contribution is -2.48. The Kier molecular flexibility index (Phi) is 7.12. The quantitative estimate of drug-likeness (QED) is 0.753. The summed E-state index contributed by atoms with van der Waals surface area (Å²) in [4.78, 5) is 29.7. The number of ether oxygens (including phenoxy) is 1. The molecular formula is C22H25ClN2O4. The molecule has 154 valence electrons. The molecule has 29 heavy (non-hydrogen) atoms. The molecule has 3 rings (SSSR count). The number of hydrogen-bond acceptors (Lipinski definition) is 4. The third-order valence-corrected chi connectivity index (χ3v) is 5.32. The van der Waals surface area contributed by atoms with Crippen LogP contribution >= 0.6 is 11.6 Å². The van der Waals surface area contributed by atoms with Crippen LogP contribution in [-0.4, -0.2) is 59.6 Å². The maximum atomic E-state index is 13.3. The minimum absolute atomic E-state index is 0.138. The number of methoxy groups -OCH3 is 1. The maximum Gasteiger partial charge on any atom is 0.258 e. The van der Waals surface area contributed by atoms with Gasteiger partial charge in [0.1, 0.15) is 11.8 Å². The number of amides is 2. The Morgan fingerprint density at radius 1 is 1.24 bits per heavy atom. The molecule has 1 aliphatic heterocycles. The molecule has 0 radical (unpaired) electrons. The summed E-state index contributed by atoms with van der Waals surface area (Å²) < 4.78 is 5.31. The minimum atomic E-state index is -0.568. The van der Waals surface area contributed by atoms with Gasteiger partial charge in [-0.2, -0.15) is 0 Å². The Balaban J connectivity index is 1.82. The molecule has 6 nitrogen and oxygen atoms in total. The van der Waals surface area contributed by atoms with Crippen molar-refractivity contribution < 1.29 is 19.4 Å². The zero-order valence-electron chi connectivity index (χ0n) is 16.4. The smallest absolute Gasteiger partial charge is 0.258 e. The van der Waals surface area contributed by atoms with Gasteiger partial charge in [-0.15, -0.1) is 0 Å². The van der Waals surface area contributed by atoms with Crippen LogP contribution in [0.15, 0.2) is 48.5 Å². The van der Waals surface area contributed by atoms with Crippen molar-refractivity contribution in [2.75, 3.05) is 26.8 Å². The molecule has 0 spiro atoms. The number of carbonyl (C=O) groups is 2. The molecule has 7 heteroatoms. The van der Waals surface area contributed by atoms with E-state index >= 15 is 0 Å². The number of carbonyl (C=O) groups excluding carboxylic acids is 2. The average molecular weight is 417 g/mol. The van der Waals surface area contributed by atoms with Gasteiger partial charge >= 0.3 is 0 Å². The number of hydrogen-bond donors (Lipinski definition) is 1. The first kappa shape index (κ1) is 21.1. The lowest BCUT2D eigenvalue weighted by Gasteiger charge is -2.30. The summed E-state index contributed by atoms with van der Waals surface area (Å²) in [7, 11) is 1.50. The standard InChI is InChI=1S/C22H25ClN2O4/c1-29-20-10-9-17(23)14-18(20)21(27)25-11-5-8-19(25)22(28)24(12-13-26)15-16-6-3-2-4-7-16/h2-4,6-7,9-10,14,19,26H,5,8,11-13,15H2,1H3. The van der Waals surface area contributed by atoms with Crippen molar-refractivity contribution in [1.82, 2.24) is 9.80 Å². The summed E-state index contributed by atoms with van der Waals surface area (Å²) >= 11 is 6.08. The third kappa shape index (κ3) is 4.89. The normalized spacial score (nSPS) is 16.0. The molecule has 1 saturated heterocycles. The van der Waals surface area contributed by atoms with E-state index in [0.29, 0.717) is 35.8 Å². The minimum Gasteiger partial charge on any atom is -0.496 e. The topological polar surface area (TPSA) is 70.1 Å². The van der Waals surface area contributed by atoms with Crippen molar-refractivity contribution in [2.24, 2.45) is 0 Å². The Hall–Kier alpha value is -2.57. The Morgan fingerprint density at radius 2 is 2.00 bits per heavy atom. The van der Waals surface area contributed by atoms with E-state index in [0.717, 1.165) is 12.0 Å². The largest absolute Gasteiger partial charge is 0.496 e. The van der Waals surface area contributed by atoms with Gasteiger partial charge in [-0.05, 0) is 36.6 Å². The molecule has 2 aromatic carbocycles. The molecule has 0 bridgehead atoms. The predicted molar refractivity (Wildman–Crippen MR) is 111 cm³/mol. The first-order chi connectivity index (χ1) is 14.0. The molecule has 1 heterocycles. The van der Waals surface area contributed by atoms with E-state index in [2.05, 4.69) is 0 Å². The van der Waals surface area contributed by atoms with E-state index in [1.807, 2.05) is 30.3 Å². The van der Waals surface area contributed by atoms with Gasteiger partial charge in [0.05, 0.1) is 19.3 Å². The molecule has 1 aliphatic rings. The van der Waals surface area contributed by atoms with Crippen LogP contribution in [-0.2, 0) is 11.3 Å². The fraction of sp³-hybridized carbons (Fsp3) is 0.364. The molecule has 2 aromatic rings. The SMILES string of the molecule is COc1ccc(Cl)cc1C(=O)N1CCCC1C(=O)N(CCO)Cc1ccccc1. The number of aliphatic hydroxyl groups is 1. The van der Waals surface area contributed by atoms with Crippen LogP contribution < -0.4 is 4.74 Å². The van der Waals surface area contributed by atoms with E-state index in [1.165, 1.54) is 7.11 Å². The second-order valence-corrected chi connectivity index (χ2v) is 7.41. The Morgan fingerprint density at radius 3 is 2.69 bits per heavy atom. The van der Waals surface area contributed by atoms with Crippen LogP contribution in [0, 0.1) is 0 Å². The summed E-state index contributed by atoms with van der Waals surface area (Å²) in [6.07, 6.45) is 1.33. The second-order valence-electron chi connectivity index (χ2n) is 6.97. The van der Waals surface area contributed by atoms with Crippen LogP contribution in [0.4, 0.5) is 0 Å². The van der Waals surface area contributed by atoms with Gasteiger partial charge in [-0.3, -0.25) is 9.59 Å². The van der Waals surface area contributed by atoms with Crippen molar-refractivity contribution in [3.05, 3.63) is 64.7 Å². The highest BCUT2D eigenvalue weighted by Crippen LogP contribution is 2.28. The zero-order valence-corrected chi connectivity index (χ0v) is 17.1. The Bertz CT molecular complexity index is 859. The highest BCUT2D eigenvalue weighted by molar-refractivity contribution is 6.31. The predicted octanol–water partition coefficient (Wildman–Crippen LogP) is 2.97. The van der Waals surface area contributed by atoms with Crippen molar-refractivity contribution in [2.45, 2.75) is 25.4 Å². The van der Waals surface area contributed by atoms with Gasteiger partial charge < -0.3 is 19.6 Å². The van der Waals surface area contributed by atoms with E-state index < -0.39 is 6.04 Å². The molecule has 0 aliphatic carbocycles. The monoisotopic (exact) mass is 416 g/mol. The first-order valence-electron chi connectivity index (χ1n) is 9.63. The van der Waals surface area contributed by atoms with Gasteiger partial charge in [-0.1, -0.05) is 41.9 Å². The summed E-state index contributed by atoms with van der Waals surface area (Å²) in [5.41, 5.74) is 1.32. The fourth-order valence-corrected chi connectivity index (χ4v) is 3.84. The number of aliphatic hydroxyl groups excluding tert-OH is 1. The summed E-state index contributed by atoms with van der Waals surface area (Å²) in [5, 5.41) is 9.89. The van der Waals surface area contributed by atoms with Crippen LogP contribution in [0.25, 0.3) is 0 Å². The number of nitrogens with zero attached hydrogens (tertiary/aromatic N) is 2. The van der Waals surface area contributed by atoms with Gasteiger partial charge in [0.15, 0.2) is 0 Å². The van der Waals surface area contributed by atoms with E-state index in [4.69, 9.17) is 16.3 Å². The van der Waals surface area contributed by atoms with E-state index in [1.54, 1.807) is 28.0 Å². The van der Waals surface area contributed by atoms with Crippen molar-refractivity contribution >= 4 is 23.4 Å². The lowest BCUT2D eigenvalue weighted by atomic mass is 10.1. The number of likely N-dealkylation sites (tertiary alicyclic amines) is 1. The number of benzene rings is 2. The fourth-order valence-electron chi connectivity index (χ4n) is 3.67. The first-order valence-corrected chi connectivity index (χ1v) is 10.0. The van der Waals surface area contributed by atoms with Crippen LogP contribution in [0.2, 0.25) is 5.02 Å². The number of halogens is 1. The molecule has 2 amide bonds. The van der Waals surface area contributed by atoms with Crippen LogP contribution in [0.5, 0.6) is 5.75 Å². The van der Waals surface area contributed by atoms with Crippen LogP contribution in [0.1, 0.15) is 28.8 Å². The highest BCUT2D eigenvalue weighted by Gasteiger charge is 2.37. The van der Waals surface area contributed by atoms with Gasteiger partial charge in [-0.25, -0.2) is 0 Å². The lowest BCUT2D eigenvalue weighted by molar-refractivity contribution is -0.136. The van der Waals surface area contributed by atoms with Gasteiger partial charge in [0, 0.05) is 24.7 Å². The number of rotatable bonds is 7. The van der Waals surface area contributed by atoms with Crippen LogP contribution in [0.3, 0.4) is 0 Å². The van der Waals surface area contributed by atoms with Crippen molar-refractivity contribution in [1.29, 1.82) is 0 Å². The van der Waals surface area contributed by atoms with E-state index in [-0.39, 0.29) is 25.0 Å². The summed E-state index contributed by atoms with van der Waals surface area (Å²) in [5.74, 6) is -0.00685.